The minimum Gasteiger partial charge on any atom is -0.548 e. The van der Waals surface area contributed by atoms with Crippen LogP contribution in [0.5, 0.6) is 0 Å². The lowest BCUT2D eigenvalue weighted by Crippen LogP contribution is -2.65. The van der Waals surface area contributed by atoms with Gasteiger partial charge >= 0.3 is 6.09 Å². The summed E-state index contributed by atoms with van der Waals surface area (Å²) in [4.78, 5) is 38.7. The highest BCUT2D eigenvalue weighted by Crippen LogP contribution is 2.25. The topological polar surface area (TPSA) is 120 Å². The van der Waals surface area contributed by atoms with Crippen LogP contribution in [-0.4, -0.2) is 34.6 Å². The maximum Gasteiger partial charge on any atom is 0.413 e. The van der Waals surface area contributed by atoms with Crippen molar-refractivity contribution in [3.8, 4) is 0 Å². The number of aryl methyl sites for hydroxylation is 1. The Morgan fingerprint density at radius 3 is 2.74 bits per heavy atom. The smallest absolute Gasteiger partial charge is 0.413 e. The van der Waals surface area contributed by atoms with E-state index in [4.69, 9.17) is 4.74 Å². The molecular formula is C14H18N3O5S-. The monoisotopic (exact) mass is 340 g/mol. The molecule has 9 heteroatoms. The summed E-state index contributed by atoms with van der Waals surface area (Å²) in [5, 5.41) is 16.0. The predicted octanol–water partition coefficient (Wildman–Crippen LogP) is 0.287. The van der Waals surface area contributed by atoms with Crippen molar-refractivity contribution in [2.24, 2.45) is 5.92 Å². The summed E-state index contributed by atoms with van der Waals surface area (Å²) in [6, 6.07) is -0.921. The summed E-state index contributed by atoms with van der Waals surface area (Å²) in [5.74, 6) is -2.13. The van der Waals surface area contributed by atoms with Crippen molar-refractivity contribution in [3.63, 3.8) is 0 Å². The fourth-order valence-corrected chi connectivity index (χ4v) is 2.92. The number of ether oxygens (including phenoxy) is 1. The molecule has 1 aromatic rings. The molecule has 1 aliphatic rings. The van der Waals surface area contributed by atoms with Gasteiger partial charge in [0.25, 0.3) is 0 Å². The number of aliphatic carboxylic acids is 1. The fraction of sp³-hybridized carbons (Fsp3) is 0.571. The number of nitrogens with zero attached hydrogens (tertiary/aromatic N) is 1. The van der Waals surface area contributed by atoms with E-state index in [-0.39, 0.29) is 5.91 Å². The van der Waals surface area contributed by atoms with Crippen molar-refractivity contribution >= 4 is 34.4 Å². The van der Waals surface area contributed by atoms with Crippen molar-refractivity contribution in [1.29, 1.82) is 0 Å². The average molecular weight is 340 g/mol. The number of carboxylic acid groups (broad SMARTS) is 1. The van der Waals surface area contributed by atoms with Gasteiger partial charge < -0.3 is 20.0 Å². The second kappa shape index (κ2) is 6.53. The molecule has 1 aromatic heterocycles. The van der Waals surface area contributed by atoms with Gasteiger partial charge in [0.15, 0.2) is 5.13 Å². The number of carbonyl (C=O) groups excluding carboxylic acids is 3. The first-order valence-corrected chi connectivity index (χ1v) is 7.93. The van der Waals surface area contributed by atoms with Crippen LogP contribution in [0.4, 0.5) is 9.93 Å². The molecule has 0 aliphatic carbocycles. The number of hydrogen-bond donors (Lipinski definition) is 2. The number of amides is 2. The zero-order valence-electron chi connectivity index (χ0n) is 13.0. The van der Waals surface area contributed by atoms with Gasteiger partial charge in [-0.2, -0.15) is 0 Å². The van der Waals surface area contributed by atoms with Crippen LogP contribution in [0.1, 0.15) is 32.1 Å². The molecule has 8 nitrogen and oxygen atoms in total. The van der Waals surface area contributed by atoms with Crippen LogP contribution in [-0.2, 0) is 20.7 Å². The highest BCUT2D eigenvalue weighted by molar-refractivity contribution is 7.15. The Balaban J connectivity index is 1.84. The first kappa shape index (κ1) is 17.2. The zero-order valence-corrected chi connectivity index (χ0v) is 13.9. The molecule has 2 amide bonds. The Kier molecular flexibility index (Phi) is 4.88. The third-order valence-electron chi connectivity index (χ3n) is 3.15. The number of aromatic nitrogens is 1. The number of nitrogens with one attached hydrogen (secondary N) is 2. The minimum atomic E-state index is -1.27. The lowest BCUT2D eigenvalue weighted by molar-refractivity contribution is -0.311. The Morgan fingerprint density at radius 2 is 2.17 bits per heavy atom. The molecule has 0 aromatic carbocycles. The summed E-state index contributed by atoms with van der Waals surface area (Å²) in [7, 11) is 0. The molecule has 1 saturated heterocycles. The Labute approximate surface area is 137 Å². The zero-order chi connectivity index (χ0) is 17.2. The van der Waals surface area contributed by atoms with Gasteiger partial charge in [-0.15, -0.1) is 11.3 Å². The van der Waals surface area contributed by atoms with Crippen LogP contribution in [0.2, 0.25) is 0 Å². The van der Waals surface area contributed by atoms with E-state index in [9.17, 15) is 19.5 Å². The first-order chi connectivity index (χ1) is 10.7. The first-order valence-electron chi connectivity index (χ1n) is 7.11. The Morgan fingerprint density at radius 1 is 1.48 bits per heavy atom. The number of hydrogen-bond acceptors (Lipinski definition) is 7. The number of thiazole rings is 1. The molecule has 0 spiro atoms. The lowest BCUT2D eigenvalue weighted by atomic mass is 9.86. The lowest BCUT2D eigenvalue weighted by Gasteiger charge is -2.37. The van der Waals surface area contributed by atoms with E-state index in [0.29, 0.717) is 18.0 Å². The molecule has 0 radical (unpaired) electrons. The maximum absolute atomic E-state index is 11.6. The van der Waals surface area contributed by atoms with Crippen molar-refractivity contribution in [1.82, 2.24) is 10.3 Å². The fourth-order valence-electron chi connectivity index (χ4n) is 2.11. The maximum atomic E-state index is 11.6. The van der Waals surface area contributed by atoms with Gasteiger partial charge in [0.05, 0.1) is 17.9 Å². The van der Waals surface area contributed by atoms with E-state index in [2.05, 4.69) is 15.6 Å². The molecule has 2 N–H and O–H groups in total. The van der Waals surface area contributed by atoms with Gasteiger partial charge in [-0.1, -0.05) is 0 Å². The summed E-state index contributed by atoms with van der Waals surface area (Å²) in [5.41, 5.74) is -0.596. The third kappa shape index (κ3) is 4.65. The molecule has 2 atom stereocenters. The van der Waals surface area contributed by atoms with E-state index < -0.39 is 29.6 Å². The van der Waals surface area contributed by atoms with Crippen molar-refractivity contribution < 1.29 is 24.2 Å². The normalized spacial score (nSPS) is 20.4. The molecule has 1 fully saturated rings. The van der Waals surface area contributed by atoms with Crippen LogP contribution in [0, 0.1) is 5.92 Å². The third-order valence-corrected chi connectivity index (χ3v) is 4.13. The molecule has 0 bridgehead atoms. The molecule has 126 valence electrons. The van der Waals surface area contributed by atoms with Crippen molar-refractivity contribution in [2.45, 2.75) is 45.3 Å². The molecule has 2 heterocycles. The average Bonchev–Trinajstić information content (AvgIpc) is 2.80. The van der Waals surface area contributed by atoms with Crippen LogP contribution < -0.4 is 15.7 Å². The van der Waals surface area contributed by atoms with E-state index in [1.54, 1.807) is 27.0 Å². The summed E-state index contributed by atoms with van der Waals surface area (Å²) >= 11 is 1.26. The highest BCUT2D eigenvalue weighted by atomic mass is 32.1. The van der Waals surface area contributed by atoms with Crippen LogP contribution in [0.3, 0.4) is 0 Å². The molecule has 0 unspecified atom stereocenters. The molecule has 23 heavy (non-hydrogen) atoms. The second-order valence-corrected chi connectivity index (χ2v) is 7.32. The van der Waals surface area contributed by atoms with Gasteiger partial charge in [0, 0.05) is 11.1 Å². The number of carboxylic acids is 1. The van der Waals surface area contributed by atoms with Crippen LogP contribution in [0.15, 0.2) is 6.20 Å². The number of β-lactam (4-membered cyclic amide) rings is 1. The van der Waals surface area contributed by atoms with Gasteiger partial charge in [-0.05, 0) is 33.6 Å². The second-order valence-electron chi connectivity index (χ2n) is 6.21. The van der Waals surface area contributed by atoms with E-state index in [1.807, 2.05) is 0 Å². The Bertz CT molecular complexity index is 622. The largest absolute Gasteiger partial charge is 0.548 e. The van der Waals surface area contributed by atoms with Gasteiger partial charge in [0.2, 0.25) is 5.91 Å². The van der Waals surface area contributed by atoms with Crippen molar-refractivity contribution in [2.75, 3.05) is 5.32 Å². The number of carbonyl (C=O) groups is 3. The summed E-state index contributed by atoms with van der Waals surface area (Å²) < 4.78 is 5.12. The number of anilines is 1. The van der Waals surface area contributed by atoms with E-state index >= 15 is 0 Å². The van der Waals surface area contributed by atoms with E-state index in [1.165, 1.54) is 11.3 Å². The standard InChI is InChI=1S/C14H19N3O5S/c1-14(2,3)22-13(21)17-12-15-6-7(23-12)4-5-8-9(11(19)20)16-10(8)18/h6,8-9H,4-5H2,1-3H3,(H,16,18)(H,19,20)(H,15,17,21)/p-1/t8-,9+/m1/s1. The quantitative estimate of drug-likeness (QED) is 0.743. The SMILES string of the molecule is CC(C)(C)OC(=O)Nc1ncc(CC[C@H]2C(=O)N[C@@H]2C(=O)[O-])s1. The highest BCUT2D eigenvalue weighted by Gasteiger charge is 2.39. The summed E-state index contributed by atoms with van der Waals surface area (Å²) in [6.45, 7) is 5.28. The van der Waals surface area contributed by atoms with Gasteiger partial charge in [-0.25, -0.2) is 9.78 Å². The number of rotatable bonds is 5. The molecule has 0 saturated carbocycles. The van der Waals surface area contributed by atoms with Crippen LogP contribution in [0.25, 0.3) is 0 Å². The van der Waals surface area contributed by atoms with Gasteiger partial charge in [0.1, 0.15) is 5.60 Å². The van der Waals surface area contributed by atoms with Crippen molar-refractivity contribution in [3.05, 3.63) is 11.1 Å². The molecular weight excluding hydrogens is 322 g/mol. The molecule has 2 rings (SSSR count). The predicted molar refractivity (Wildman–Crippen MR) is 80.7 cm³/mol. The minimum absolute atomic E-state index is 0.282. The van der Waals surface area contributed by atoms with Gasteiger partial charge in [-0.3, -0.25) is 10.1 Å². The van der Waals surface area contributed by atoms with Crippen LogP contribution >= 0.6 is 11.3 Å². The Hall–Kier alpha value is -2.16. The molecule has 1 aliphatic heterocycles. The summed E-state index contributed by atoms with van der Waals surface area (Å²) in [6.07, 6.45) is 1.88. The van der Waals surface area contributed by atoms with E-state index in [0.717, 1.165) is 4.88 Å².